The van der Waals surface area contributed by atoms with E-state index in [0.717, 1.165) is 37.1 Å². The third-order valence-electron chi connectivity index (χ3n) is 3.57. The van der Waals surface area contributed by atoms with Crippen LogP contribution < -0.4 is 4.90 Å². The smallest absolute Gasteiger partial charge is 0.225 e. The van der Waals surface area contributed by atoms with E-state index >= 15 is 0 Å². The van der Waals surface area contributed by atoms with Crippen molar-refractivity contribution in [2.24, 2.45) is 0 Å². The minimum atomic E-state index is -0.186. The van der Waals surface area contributed by atoms with Crippen LogP contribution in [0.5, 0.6) is 0 Å². The van der Waals surface area contributed by atoms with Crippen LogP contribution in [0.1, 0.15) is 12.8 Å². The first kappa shape index (κ1) is 13.3. The molecule has 0 aliphatic carbocycles. The molecule has 1 aliphatic rings. The Labute approximate surface area is 123 Å². The third kappa shape index (κ3) is 2.76. The average molecular weight is 290 g/mol. The summed E-state index contributed by atoms with van der Waals surface area (Å²) in [6.45, 7) is 1.60. The van der Waals surface area contributed by atoms with Crippen molar-refractivity contribution in [2.45, 2.75) is 18.9 Å². The second-order valence-electron chi connectivity index (χ2n) is 4.97. The van der Waals surface area contributed by atoms with Gasteiger partial charge in [0.15, 0.2) is 0 Å². The van der Waals surface area contributed by atoms with Crippen molar-refractivity contribution < 1.29 is 5.11 Å². The maximum absolute atomic E-state index is 9.52. The molecule has 4 nitrogen and oxygen atoms in total. The Morgan fingerprint density at radius 1 is 1.10 bits per heavy atom. The summed E-state index contributed by atoms with van der Waals surface area (Å²) in [5.41, 5.74) is 1.85. The van der Waals surface area contributed by atoms with Crippen LogP contribution in [0.4, 0.5) is 5.95 Å². The lowest BCUT2D eigenvalue weighted by Crippen LogP contribution is -2.36. The number of aliphatic hydroxyl groups excluding tert-OH is 1. The molecule has 1 aromatic heterocycles. The summed E-state index contributed by atoms with van der Waals surface area (Å²) in [4.78, 5) is 10.9. The van der Waals surface area contributed by atoms with Crippen LogP contribution >= 0.6 is 11.6 Å². The normalized spacial score (nSPS) is 16.4. The first-order chi connectivity index (χ1) is 9.74. The fourth-order valence-electron chi connectivity index (χ4n) is 2.38. The molecule has 0 radical (unpaired) electrons. The molecule has 1 saturated heterocycles. The Morgan fingerprint density at radius 3 is 2.40 bits per heavy atom. The largest absolute Gasteiger partial charge is 0.393 e. The molecule has 5 heteroatoms. The van der Waals surface area contributed by atoms with Gasteiger partial charge in [-0.2, -0.15) is 0 Å². The van der Waals surface area contributed by atoms with Gasteiger partial charge in [-0.1, -0.05) is 29.8 Å². The van der Waals surface area contributed by atoms with Gasteiger partial charge >= 0.3 is 0 Å². The summed E-state index contributed by atoms with van der Waals surface area (Å²) >= 11 is 6.17. The molecule has 0 spiro atoms. The van der Waals surface area contributed by atoms with E-state index in [4.69, 9.17) is 11.6 Å². The van der Waals surface area contributed by atoms with Gasteiger partial charge < -0.3 is 10.0 Å². The van der Waals surface area contributed by atoms with Crippen molar-refractivity contribution in [3.8, 4) is 11.1 Å². The van der Waals surface area contributed by atoms with E-state index in [1.807, 2.05) is 24.3 Å². The highest BCUT2D eigenvalue weighted by molar-refractivity contribution is 6.33. The van der Waals surface area contributed by atoms with E-state index in [1.54, 1.807) is 12.4 Å². The van der Waals surface area contributed by atoms with Gasteiger partial charge in [-0.15, -0.1) is 0 Å². The first-order valence-corrected chi connectivity index (χ1v) is 7.12. The molecule has 2 aromatic rings. The number of aliphatic hydroxyl groups is 1. The standard InChI is InChI=1S/C15H16ClN3O/c16-14-4-2-1-3-13(14)11-9-17-15(18-10-11)19-7-5-12(20)6-8-19/h1-4,9-10,12,20H,5-8H2. The molecular formula is C15H16ClN3O. The minimum absolute atomic E-state index is 0.186. The molecule has 0 saturated carbocycles. The summed E-state index contributed by atoms with van der Waals surface area (Å²) < 4.78 is 0. The van der Waals surface area contributed by atoms with E-state index in [9.17, 15) is 5.11 Å². The molecule has 2 heterocycles. The monoisotopic (exact) mass is 289 g/mol. The third-order valence-corrected chi connectivity index (χ3v) is 3.90. The summed E-state index contributed by atoms with van der Waals surface area (Å²) in [6.07, 6.45) is 4.96. The summed E-state index contributed by atoms with van der Waals surface area (Å²) in [5, 5.41) is 10.2. The van der Waals surface area contributed by atoms with Gasteiger partial charge in [0.1, 0.15) is 0 Å². The van der Waals surface area contributed by atoms with Gasteiger partial charge in [0.25, 0.3) is 0 Å². The van der Waals surface area contributed by atoms with Crippen molar-refractivity contribution in [3.05, 3.63) is 41.7 Å². The Kier molecular flexibility index (Phi) is 3.85. The molecule has 1 aromatic carbocycles. The number of piperidine rings is 1. The second-order valence-corrected chi connectivity index (χ2v) is 5.38. The van der Waals surface area contributed by atoms with Gasteiger partial charge in [-0.3, -0.25) is 0 Å². The summed E-state index contributed by atoms with van der Waals surface area (Å²) in [5.74, 6) is 0.715. The second kappa shape index (κ2) is 5.77. The Hall–Kier alpha value is -1.65. The average Bonchev–Trinajstić information content (AvgIpc) is 2.49. The SMILES string of the molecule is OC1CCN(c2ncc(-c3ccccc3Cl)cn2)CC1. The number of hydrogen-bond donors (Lipinski definition) is 1. The summed E-state index contributed by atoms with van der Waals surface area (Å²) in [7, 11) is 0. The van der Waals surface area contributed by atoms with Crippen LogP contribution in [0.3, 0.4) is 0 Å². The molecule has 1 aliphatic heterocycles. The lowest BCUT2D eigenvalue weighted by Gasteiger charge is -2.29. The number of aromatic nitrogens is 2. The zero-order valence-electron chi connectivity index (χ0n) is 11.0. The number of hydrogen-bond acceptors (Lipinski definition) is 4. The molecule has 0 unspecified atom stereocenters. The van der Waals surface area contributed by atoms with E-state index in [0.29, 0.717) is 11.0 Å². The van der Waals surface area contributed by atoms with Gasteiger partial charge in [0.05, 0.1) is 6.10 Å². The van der Waals surface area contributed by atoms with Crippen molar-refractivity contribution in [3.63, 3.8) is 0 Å². The quantitative estimate of drug-likeness (QED) is 0.923. The maximum Gasteiger partial charge on any atom is 0.225 e. The first-order valence-electron chi connectivity index (χ1n) is 6.74. The van der Waals surface area contributed by atoms with Crippen LogP contribution in [-0.2, 0) is 0 Å². The van der Waals surface area contributed by atoms with Crippen molar-refractivity contribution in [1.82, 2.24) is 9.97 Å². The van der Waals surface area contributed by atoms with Gasteiger partial charge in [0, 0.05) is 41.6 Å². The van der Waals surface area contributed by atoms with Crippen LogP contribution in [0, 0.1) is 0 Å². The highest BCUT2D eigenvalue weighted by atomic mass is 35.5. The predicted molar refractivity (Wildman–Crippen MR) is 79.9 cm³/mol. The Morgan fingerprint density at radius 2 is 1.75 bits per heavy atom. The zero-order chi connectivity index (χ0) is 13.9. The Balaban J connectivity index is 1.80. The lowest BCUT2D eigenvalue weighted by atomic mass is 10.1. The number of nitrogens with zero attached hydrogens (tertiary/aromatic N) is 3. The fraction of sp³-hybridized carbons (Fsp3) is 0.333. The number of benzene rings is 1. The molecule has 0 atom stereocenters. The van der Waals surface area contributed by atoms with Gasteiger partial charge in [-0.25, -0.2) is 9.97 Å². The summed E-state index contributed by atoms with van der Waals surface area (Å²) in [6, 6.07) is 7.66. The lowest BCUT2D eigenvalue weighted by molar-refractivity contribution is 0.145. The van der Waals surface area contributed by atoms with Gasteiger partial charge in [0.2, 0.25) is 5.95 Å². The highest BCUT2D eigenvalue weighted by Crippen LogP contribution is 2.27. The molecule has 0 bridgehead atoms. The van der Waals surface area contributed by atoms with Crippen LogP contribution in [0.25, 0.3) is 11.1 Å². The van der Waals surface area contributed by atoms with Crippen molar-refractivity contribution >= 4 is 17.5 Å². The molecular weight excluding hydrogens is 274 g/mol. The molecule has 1 N–H and O–H groups in total. The topological polar surface area (TPSA) is 49.2 Å². The minimum Gasteiger partial charge on any atom is -0.393 e. The molecule has 1 fully saturated rings. The Bertz CT molecular complexity index is 580. The van der Waals surface area contributed by atoms with E-state index in [-0.39, 0.29) is 6.10 Å². The van der Waals surface area contributed by atoms with Crippen LogP contribution in [0.2, 0.25) is 5.02 Å². The zero-order valence-corrected chi connectivity index (χ0v) is 11.8. The van der Waals surface area contributed by atoms with Crippen molar-refractivity contribution in [1.29, 1.82) is 0 Å². The van der Waals surface area contributed by atoms with E-state index in [1.165, 1.54) is 0 Å². The van der Waals surface area contributed by atoms with E-state index in [2.05, 4.69) is 14.9 Å². The fourth-order valence-corrected chi connectivity index (χ4v) is 2.63. The molecule has 0 amide bonds. The van der Waals surface area contributed by atoms with Crippen molar-refractivity contribution in [2.75, 3.05) is 18.0 Å². The van der Waals surface area contributed by atoms with Gasteiger partial charge in [-0.05, 0) is 18.9 Å². The molecule has 3 rings (SSSR count). The number of halogens is 1. The number of rotatable bonds is 2. The molecule has 104 valence electrons. The van der Waals surface area contributed by atoms with E-state index < -0.39 is 0 Å². The highest BCUT2D eigenvalue weighted by Gasteiger charge is 2.19. The maximum atomic E-state index is 9.52. The number of anilines is 1. The van der Waals surface area contributed by atoms with Crippen LogP contribution in [-0.4, -0.2) is 34.3 Å². The predicted octanol–water partition coefficient (Wildman–Crippen LogP) is 2.76. The van der Waals surface area contributed by atoms with Crippen LogP contribution in [0.15, 0.2) is 36.7 Å². The molecule has 20 heavy (non-hydrogen) atoms.